The van der Waals surface area contributed by atoms with Gasteiger partial charge in [-0.1, -0.05) is 18.2 Å². The van der Waals surface area contributed by atoms with Gasteiger partial charge in [-0.2, -0.15) is 0 Å². The summed E-state index contributed by atoms with van der Waals surface area (Å²) >= 11 is 1.31. The third kappa shape index (κ3) is 4.88. The van der Waals surface area contributed by atoms with Crippen molar-refractivity contribution in [2.45, 2.75) is 6.54 Å². The fourth-order valence-electron chi connectivity index (χ4n) is 3.21. The van der Waals surface area contributed by atoms with Crippen LogP contribution >= 0.6 is 11.3 Å². The van der Waals surface area contributed by atoms with Crippen LogP contribution in [0, 0.1) is 0 Å². The second kappa shape index (κ2) is 10.0. The van der Waals surface area contributed by atoms with Crippen LogP contribution in [0.15, 0.2) is 70.7 Å². The Morgan fingerprint density at radius 1 is 1.00 bits per heavy atom. The van der Waals surface area contributed by atoms with Crippen LogP contribution in [0.1, 0.15) is 26.6 Å². The van der Waals surface area contributed by atoms with E-state index in [1.165, 1.54) is 11.3 Å². The number of para-hydroxylation sites is 2. The van der Waals surface area contributed by atoms with Crippen molar-refractivity contribution in [2.75, 3.05) is 19.5 Å². The molecule has 2 aromatic heterocycles. The molecular formula is C24H21N3O5S. The molecular weight excluding hydrogens is 442 g/mol. The molecule has 9 heteroatoms. The summed E-state index contributed by atoms with van der Waals surface area (Å²) < 4.78 is 16.0. The van der Waals surface area contributed by atoms with Crippen molar-refractivity contribution in [2.24, 2.45) is 0 Å². The van der Waals surface area contributed by atoms with Crippen molar-refractivity contribution in [3.8, 4) is 22.1 Å². The summed E-state index contributed by atoms with van der Waals surface area (Å²) in [6.45, 7) is 0.242. The van der Waals surface area contributed by atoms with E-state index in [2.05, 4.69) is 15.6 Å². The van der Waals surface area contributed by atoms with E-state index in [9.17, 15) is 9.59 Å². The number of hydrogen-bond acceptors (Lipinski definition) is 7. The smallest absolute Gasteiger partial charge is 0.275 e. The number of anilines is 1. The predicted molar refractivity (Wildman–Crippen MR) is 125 cm³/mol. The van der Waals surface area contributed by atoms with Crippen molar-refractivity contribution in [3.63, 3.8) is 0 Å². The number of rotatable bonds is 8. The molecule has 0 saturated carbocycles. The number of nitrogens with one attached hydrogen (secondary N) is 2. The number of ether oxygens (including phenoxy) is 2. The third-order valence-corrected chi connectivity index (χ3v) is 5.67. The maximum absolute atomic E-state index is 12.9. The summed E-state index contributed by atoms with van der Waals surface area (Å²) in [5, 5.41) is 7.83. The van der Waals surface area contributed by atoms with Gasteiger partial charge in [0.25, 0.3) is 11.8 Å². The summed E-state index contributed by atoms with van der Waals surface area (Å²) in [6, 6.07) is 15.8. The molecule has 8 nitrogen and oxygen atoms in total. The Morgan fingerprint density at radius 2 is 1.85 bits per heavy atom. The van der Waals surface area contributed by atoms with Crippen LogP contribution < -0.4 is 20.1 Å². The lowest BCUT2D eigenvalue weighted by Crippen LogP contribution is -2.24. The maximum Gasteiger partial charge on any atom is 0.275 e. The van der Waals surface area contributed by atoms with E-state index in [-0.39, 0.29) is 18.1 Å². The van der Waals surface area contributed by atoms with Crippen LogP contribution in [0.25, 0.3) is 10.6 Å². The molecule has 2 heterocycles. The number of carbonyl (C=O) groups is 2. The van der Waals surface area contributed by atoms with E-state index in [0.29, 0.717) is 33.5 Å². The molecule has 0 saturated heterocycles. The first kappa shape index (κ1) is 22.1. The van der Waals surface area contributed by atoms with E-state index in [1.807, 2.05) is 12.1 Å². The molecule has 0 aliphatic heterocycles. The molecule has 2 N–H and O–H groups in total. The van der Waals surface area contributed by atoms with Gasteiger partial charge in [0.15, 0.2) is 11.5 Å². The van der Waals surface area contributed by atoms with Gasteiger partial charge in [-0.05, 0) is 36.4 Å². The van der Waals surface area contributed by atoms with Gasteiger partial charge >= 0.3 is 0 Å². The normalized spacial score (nSPS) is 10.5. The lowest BCUT2D eigenvalue weighted by molar-refractivity contribution is 0.0949. The Labute approximate surface area is 194 Å². The van der Waals surface area contributed by atoms with Crippen molar-refractivity contribution in [3.05, 3.63) is 83.3 Å². The van der Waals surface area contributed by atoms with Gasteiger partial charge in [-0.3, -0.25) is 9.59 Å². The molecule has 0 unspecified atom stereocenters. The lowest BCUT2D eigenvalue weighted by Gasteiger charge is -2.11. The topological polar surface area (TPSA) is 103 Å². The zero-order chi connectivity index (χ0) is 23.2. The minimum absolute atomic E-state index is 0.227. The SMILES string of the molecule is COc1cccc(-c2nc(C(=O)Nc3ccccc3C(=O)NCc3ccco3)cs2)c1OC. The van der Waals surface area contributed by atoms with Crippen LogP contribution in [-0.2, 0) is 6.54 Å². The van der Waals surface area contributed by atoms with Crippen molar-refractivity contribution in [1.29, 1.82) is 0 Å². The number of thiazole rings is 1. The number of aromatic nitrogens is 1. The molecule has 2 amide bonds. The van der Waals surface area contributed by atoms with Crippen LogP contribution in [0.2, 0.25) is 0 Å². The van der Waals surface area contributed by atoms with E-state index in [1.54, 1.807) is 68.3 Å². The number of hydrogen-bond donors (Lipinski definition) is 2. The van der Waals surface area contributed by atoms with Crippen LogP contribution in [0.4, 0.5) is 5.69 Å². The molecule has 4 aromatic rings. The van der Waals surface area contributed by atoms with E-state index in [4.69, 9.17) is 13.9 Å². The molecule has 168 valence electrons. The molecule has 0 radical (unpaired) electrons. The van der Waals surface area contributed by atoms with E-state index >= 15 is 0 Å². The van der Waals surface area contributed by atoms with Crippen molar-refractivity contribution in [1.82, 2.24) is 10.3 Å². The summed E-state index contributed by atoms with van der Waals surface area (Å²) in [5.74, 6) is 0.992. The fourth-order valence-corrected chi connectivity index (χ4v) is 4.03. The first-order chi connectivity index (χ1) is 16.1. The molecule has 0 aliphatic carbocycles. The second-order valence-corrected chi connectivity index (χ2v) is 7.70. The molecule has 33 heavy (non-hydrogen) atoms. The van der Waals surface area contributed by atoms with Gasteiger partial charge in [0.2, 0.25) is 0 Å². The molecule has 0 bridgehead atoms. The number of amides is 2. The minimum atomic E-state index is -0.425. The van der Waals surface area contributed by atoms with Gasteiger partial charge in [-0.25, -0.2) is 4.98 Å². The zero-order valence-electron chi connectivity index (χ0n) is 18.0. The Kier molecular flexibility index (Phi) is 6.70. The summed E-state index contributed by atoms with van der Waals surface area (Å²) in [7, 11) is 3.11. The van der Waals surface area contributed by atoms with Gasteiger partial charge in [0.1, 0.15) is 16.5 Å². The highest BCUT2D eigenvalue weighted by molar-refractivity contribution is 7.13. The number of furan rings is 1. The highest BCUT2D eigenvalue weighted by Crippen LogP contribution is 2.39. The first-order valence-corrected chi connectivity index (χ1v) is 10.9. The summed E-state index contributed by atoms with van der Waals surface area (Å²) in [6.07, 6.45) is 1.54. The molecule has 0 aliphatic rings. The Balaban J connectivity index is 1.51. The largest absolute Gasteiger partial charge is 0.493 e. The standard InChI is InChI=1S/C24H21N3O5S/c1-30-20-11-5-9-17(21(20)31-2)24-27-19(14-33-24)23(29)26-18-10-4-3-8-16(18)22(28)25-13-15-7-6-12-32-15/h3-12,14H,13H2,1-2H3,(H,25,28)(H,26,29). The lowest BCUT2D eigenvalue weighted by atomic mass is 10.1. The zero-order valence-corrected chi connectivity index (χ0v) is 18.8. The summed E-state index contributed by atoms with van der Waals surface area (Å²) in [5.41, 5.74) is 1.67. The van der Waals surface area contributed by atoms with Gasteiger partial charge in [0, 0.05) is 5.38 Å². The Morgan fingerprint density at radius 3 is 2.61 bits per heavy atom. The number of benzene rings is 2. The van der Waals surface area contributed by atoms with Gasteiger partial charge in [-0.15, -0.1) is 11.3 Å². The molecule has 0 fully saturated rings. The molecule has 0 spiro atoms. The van der Waals surface area contributed by atoms with Crippen LogP contribution in [0.5, 0.6) is 11.5 Å². The van der Waals surface area contributed by atoms with Crippen LogP contribution in [-0.4, -0.2) is 31.0 Å². The fraction of sp³-hybridized carbons (Fsp3) is 0.125. The maximum atomic E-state index is 12.9. The van der Waals surface area contributed by atoms with E-state index in [0.717, 1.165) is 5.56 Å². The molecule has 2 aromatic carbocycles. The number of carbonyl (C=O) groups excluding carboxylic acids is 2. The minimum Gasteiger partial charge on any atom is -0.493 e. The van der Waals surface area contributed by atoms with Crippen molar-refractivity contribution < 1.29 is 23.5 Å². The second-order valence-electron chi connectivity index (χ2n) is 6.84. The van der Waals surface area contributed by atoms with Crippen LogP contribution in [0.3, 0.4) is 0 Å². The quantitative estimate of drug-likeness (QED) is 0.396. The highest BCUT2D eigenvalue weighted by atomic mass is 32.1. The average molecular weight is 464 g/mol. The predicted octanol–water partition coefficient (Wildman–Crippen LogP) is 4.60. The highest BCUT2D eigenvalue weighted by Gasteiger charge is 2.19. The third-order valence-electron chi connectivity index (χ3n) is 4.79. The monoisotopic (exact) mass is 463 g/mol. The summed E-state index contributed by atoms with van der Waals surface area (Å²) in [4.78, 5) is 30.0. The van der Waals surface area contributed by atoms with Gasteiger partial charge < -0.3 is 24.5 Å². The van der Waals surface area contributed by atoms with Crippen molar-refractivity contribution >= 4 is 28.8 Å². The Bertz CT molecular complexity index is 1270. The average Bonchev–Trinajstić information content (AvgIpc) is 3.55. The number of methoxy groups -OCH3 is 2. The Hall–Kier alpha value is -4.11. The molecule has 4 rings (SSSR count). The van der Waals surface area contributed by atoms with Gasteiger partial charge in [0.05, 0.1) is 43.8 Å². The van der Waals surface area contributed by atoms with E-state index < -0.39 is 5.91 Å². The molecule has 0 atom stereocenters. The number of nitrogens with zero attached hydrogens (tertiary/aromatic N) is 1. The first-order valence-electron chi connectivity index (χ1n) is 9.98.